The van der Waals surface area contributed by atoms with Crippen LogP contribution in [0.3, 0.4) is 0 Å². The summed E-state index contributed by atoms with van der Waals surface area (Å²) in [5.74, 6) is 0. The summed E-state index contributed by atoms with van der Waals surface area (Å²) in [5, 5.41) is 5.06. The zero-order valence-corrected chi connectivity index (χ0v) is 29.4. The number of benzene rings is 8. The number of para-hydroxylation sites is 3. The van der Waals surface area contributed by atoms with Gasteiger partial charge in [0.2, 0.25) is 0 Å². The van der Waals surface area contributed by atoms with Gasteiger partial charge in [-0.25, -0.2) is 0 Å². The summed E-state index contributed by atoms with van der Waals surface area (Å²) in [6.07, 6.45) is 3.78. The van der Waals surface area contributed by atoms with E-state index in [2.05, 4.69) is 196 Å². The van der Waals surface area contributed by atoms with Crippen molar-refractivity contribution >= 4 is 49.6 Å². The van der Waals surface area contributed by atoms with E-state index in [1.165, 1.54) is 71.5 Å². The van der Waals surface area contributed by atoms with E-state index in [1.807, 2.05) is 18.5 Å². The summed E-state index contributed by atoms with van der Waals surface area (Å²) in [4.78, 5) is 6.87. The minimum atomic E-state index is 1.00. The normalized spacial score (nSPS) is 11.7. The van der Waals surface area contributed by atoms with Crippen LogP contribution in [0.15, 0.2) is 200 Å². The summed E-state index contributed by atoms with van der Waals surface area (Å²) < 4.78 is 2.38. The van der Waals surface area contributed by atoms with Crippen LogP contribution in [0.1, 0.15) is 0 Å². The Morgan fingerprint density at radius 3 is 1.83 bits per heavy atom. The van der Waals surface area contributed by atoms with Crippen LogP contribution in [0.2, 0.25) is 0 Å². The summed E-state index contributed by atoms with van der Waals surface area (Å²) >= 11 is 0. The Bertz CT molecular complexity index is 2970. The topological polar surface area (TPSA) is 21.1 Å². The average molecular weight is 688 g/mol. The Morgan fingerprint density at radius 1 is 0.370 bits per heavy atom. The Kier molecular flexibility index (Phi) is 6.86. The van der Waals surface area contributed by atoms with E-state index in [0.29, 0.717) is 0 Å². The largest absolute Gasteiger partial charge is 0.309 e. The molecule has 2 aromatic heterocycles. The molecule has 0 bridgehead atoms. The van der Waals surface area contributed by atoms with Gasteiger partial charge in [-0.3, -0.25) is 4.98 Å². The maximum Gasteiger partial charge on any atom is 0.0644 e. The first-order valence-corrected chi connectivity index (χ1v) is 18.5. The number of fused-ring (bicyclic) bond motifs is 6. The summed E-state index contributed by atoms with van der Waals surface area (Å²) in [6.45, 7) is 0. The molecule has 3 heteroatoms. The predicted molar refractivity (Wildman–Crippen MR) is 226 cm³/mol. The van der Waals surface area contributed by atoms with Crippen molar-refractivity contribution in [1.29, 1.82) is 0 Å². The van der Waals surface area contributed by atoms with Gasteiger partial charge in [-0.2, -0.15) is 0 Å². The molecule has 0 fully saturated rings. The molecule has 0 saturated carbocycles. The van der Waals surface area contributed by atoms with Crippen molar-refractivity contribution in [3.63, 3.8) is 0 Å². The SMILES string of the molecule is c1ccc(N(c2cccnc2)c2cc(-c3ccc4c(c3)c3ccccc3n4-c3ccccc3)cc(-c3ccc4c5c(cccc35)-c3ccccc3-4)c2)cc1. The molecule has 0 spiro atoms. The lowest BCUT2D eigenvalue weighted by Gasteiger charge is -2.26. The molecular formula is C51H33N3. The number of nitrogens with zero attached hydrogens (tertiary/aromatic N) is 3. The molecule has 252 valence electrons. The first-order chi connectivity index (χ1) is 26.8. The molecule has 0 radical (unpaired) electrons. The second-order valence-electron chi connectivity index (χ2n) is 14.0. The summed E-state index contributed by atoms with van der Waals surface area (Å²) in [6, 6.07) is 68.3. The van der Waals surface area contributed by atoms with Crippen LogP contribution in [0.4, 0.5) is 17.1 Å². The molecule has 54 heavy (non-hydrogen) atoms. The van der Waals surface area contributed by atoms with Crippen LogP contribution in [-0.2, 0) is 0 Å². The van der Waals surface area contributed by atoms with E-state index < -0.39 is 0 Å². The zero-order valence-electron chi connectivity index (χ0n) is 29.4. The minimum Gasteiger partial charge on any atom is -0.309 e. The fourth-order valence-corrected chi connectivity index (χ4v) is 8.64. The van der Waals surface area contributed by atoms with E-state index in [0.717, 1.165) is 28.3 Å². The van der Waals surface area contributed by atoms with Crippen molar-refractivity contribution in [1.82, 2.24) is 9.55 Å². The van der Waals surface area contributed by atoms with Crippen molar-refractivity contribution in [3.8, 4) is 50.2 Å². The van der Waals surface area contributed by atoms with Crippen molar-refractivity contribution in [2.45, 2.75) is 0 Å². The Hall–Kier alpha value is -7.23. The Labute approximate surface area is 313 Å². The average Bonchev–Trinajstić information content (AvgIpc) is 3.75. The smallest absolute Gasteiger partial charge is 0.0644 e. The standard InChI is InChI=1S/C51H33N3/c1-3-13-37(14-4-1)53(39-17-12-28-52-33-39)40-30-35(34-24-27-50-48(32-34)44-20-9-10-23-49(44)54(50)38-15-5-2-6-16-38)29-36(31-40)41-25-26-47-43-19-8-7-18-42(43)46-22-11-21-45(41)51(46)47/h1-33H. The molecule has 0 saturated heterocycles. The highest BCUT2D eigenvalue weighted by atomic mass is 15.1. The highest BCUT2D eigenvalue weighted by Crippen LogP contribution is 2.50. The van der Waals surface area contributed by atoms with Gasteiger partial charge in [-0.05, 0) is 128 Å². The molecule has 0 amide bonds. The molecule has 0 atom stereocenters. The van der Waals surface area contributed by atoms with Crippen LogP contribution in [0.25, 0.3) is 82.8 Å². The predicted octanol–water partition coefficient (Wildman–Crippen LogP) is 13.8. The van der Waals surface area contributed by atoms with Gasteiger partial charge in [-0.15, -0.1) is 0 Å². The van der Waals surface area contributed by atoms with E-state index in [9.17, 15) is 0 Å². The number of rotatable bonds is 6. The third-order valence-electron chi connectivity index (χ3n) is 11.0. The van der Waals surface area contributed by atoms with Crippen LogP contribution < -0.4 is 4.90 Å². The fourth-order valence-electron chi connectivity index (χ4n) is 8.64. The van der Waals surface area contributed by atoms with Gasteiger partial charge in [-0.1, -0.05) is 115 Å². The number of aromatic nitrogens is 2. The van der Waals surface area contributed by atoms with E-state index in [4.69, 9.17) is 0 Å². The first-order valence-electron chi connectivity index (χ1n) is 18.5. The maximum absolute atomic E-state index is 4.55. The van der Waals surface area contributed by atoms with Crippen LogP contribution in [0, 0.1) is 0 Å². The van der Waals surface area contributed by atoms with E-state index in [1.54, 1.807) is 0 Å². The third-order valence-corrected chi connectivity index (χ3v) is 11.0. The molecule has 1 aliphatic rings. The van der Waals surface area contributed by atoms with Crippen molar-refractivity contribution in [3.05, 3.63) is 200 Å². The molecule has 8 aromatic carbocycles. The van der Waals surface area contributed by atoms with Crippen molar-refractivity contribution < 1.29 is 0 Å². The zero-order chi connectivity index (χ0) is 35.6. The molecule has 0 N–H and O–H groups in total. The molecular weight excluding hydrogens is 655 g/mol. The van der Waals surface area contributed by atoms with Gasteiger partial charge in [0.05, 0.1) is 22.9 Å². The van der Waals surface area contributed by atoms with Gasteiger partial charge >= 0.3 is 0 Å². The molecule has 10 aromatic rings. The molecule has 2 heterocycles. The van der Waals surface area contributed by atoms with Crippen LogP contribution in [-0.4, -0.2) is 9.55 Å². The monoisotopic (exact) mass is 687 g/mol. The molecule has 0 unspecified atom stereocenters. The van der Waals surface area contributed by atoms with E-state index in [-0.39, 0.29) is 0 Å². The second kappa shape index (κ2) is 12.2. The van der Waals surface area contributed by atoms with Crippen LogP contribution in [0.5, 0.6) is 0 Å². The van der Waals surface area contributed by atoms with Gasteiger partial charge in [0, 0.05) is 34.0 Å². The van der Waals surface area contributed by atoms with Crippen molar-refractivity contribution in [2.75, 3.05) is 4.90 Å². The maximum atomic E-state index is 4.55. The van der Waals surface area contributed by atoms with Gasteiger partial charge < -0.3 is 9.47 Å². The highest BCUT2D eigenvalue weighted by molar-refractivity contribution is 6.19. The van der Waals surface area contributed by atoms with E-state index >= 15 is 0 Å². The van der Waals surface area contributed by atoms with Gasteiger partial charge in [0.25, 0.3) is 0 Å². The Morgan fingerprint density at radius 2 is 1.02 bits per heavy atom. The highest BCUT2D eigenvalue weighted by Gasteiger charge is 2.23. The number of hydrogen-bond acceptors (Lipinski definition) is 2. The molecule has 1 aliphatic carbocycles. The fraction of sp³-hybridized carbons (Fsp3) is 0. The molecule has 3 nitrogen and oxygen atoms in total. The molecule has 0 aliphatic heterocycles. The Balaban J connectivity index is 1.17. The van der Waals surface area contributed by atoms with Crippen molar-refractivity contribution in [2.24, 2.45) is 0 Å². The molecule has 11 rings (SSSR count). The third kappa shape index (κ3) is 4.72. The number of anilines is 3. The van der Waals surface area contributed by atoms with Crippen LogP contribution >= 0.6 is 0 Å². The minimum absolute atomic E-state index is 1.00. The quantitative estimate of drug-likeness (QED) is 0.173. The number of pyridine rings is 1. The lowest BCUT2D eigenvalue weighted by molar-refractivity contribution is 1.18. The lowest BCUT2D eigenvalue weighted by atomic mass is 9.91. The first kappa shape index (κ1) is 30.4. The lowest BCUT2D eigenvalue weighted by Crippen LogP contribution is -2.10. The van der Waals surface area contributed by atoms with Gasteiger partial charge in [0.15, 0.2) is 0 Å². The second-order valence-corrected chi connectivity index (χ2v) is 14.0. The van der Waals surface area contributed by atoms with Gasteiger partial charge in [0.1, 0.15) is 0 Å². The summed E-state index contributed by atoms with van der Waals surface area (Å²) in [7, 11) is 0. The summed E-state index contributed by atoms with van der Waals surface area (Å²) in [5.41, 5.74) is 16.6. The number of hydrogen-bond donors (Lipinski definition) is 0.